The summed E-state index contributed by atoms with van der Waals surface area (Å²) in [5, 5.41) is 5.58. The summed E-state index contributed by atoms with van der Waals surface area (Å²) in [6.45, 7) is 0.475. The van der Waals surface area contributed by atoms with Crippen LogP contribution in [-0.4, -0.2) is 31.7 Å². The Labute approximate surface area is 174 Å². The Hall–Kier alpha value is -3.80. The Kier molecular flexibility index (Phi) is 5.94. The summed E-state index contributed by atoms with van der Waals surface area (Å²) < 4.78 is 10.5. The number of carbonyl (C=O) groups excluding carboxylic acids is 2. The molecule has 3 aromatic carbocycles. The quantitative estimate of drug-likeness (QED) is 0.637. The molecule has 1 aliphatic heterocycles. The maximum absolute atomic E-state index is 12.4. The van der Waals surface area contributed by atoms with Crippen molar-refractivity contribution in [3.63, 3.8) is 0 Å². The van der Waals surface area contributed by atoms with Crippen LogP contribution in [0.15, 0.2) is 78.9 Å². The zero-order chi connectivity index (χ0) is 20.8. The van der Waals surface area contributed by atoms with Crippen LogP contribution in [0.25, 0.3) is 0 Å². The van der Waals surface area contributed by atoms with E-state index in [1.165, 1.54) is 0 Å². The van der Waals surface area contributed by atoms with Gasteiger partial charge in [-0.15, -0.1) is 0 Å². The van der Waals surface area contributed by atoms with E-state index in [-0.39, 0.29) is 31.1 Å². The van der Waals surface area contributed by atoms with Gasteiger partial charge in [0.15, 0.2) is 11.5 Å². The molecule has 0 fully saturated rings. The molecule has 6 heteroatoms. The second-order valence-corrected chi connectivity index (χ2v) is 6.93. The lowest BCUT2D eigenvalue weighted by Crippen LogP contribution is -2.38. The lowest BCUT2D eigenvalue weighted by atomic mass is 9.91. The third kappa shape index (κ3) is 4.60. The highest BCUT2D eigenvalue weighted by molar-refractivity contribution is 5.97. The van der Waals surface area contributed by atoms with E-state index in [0.717, 1.165) is 11.1 Å². The number of nitrogens with one attached hydrogen (secondary N) is 2. The highest BCUT2D eigenvalue weighted by Crippen LogP contribution is 2.32. The molecule has 0 aromatic heterocycles. The van der Waals surface area contributed by atoms with Gasteiger partial charge in [-0.25, -0.2) is 0 Å². The first-order chi connectivity index (χ1) is 14.7. The summed E-state index contributed by atoms with van der Waals surface area (Å²) in [4.78, 5) is 24.7. The number of hydrogen-bond donors (Lipinski definition) is 2. The molecule has 1 heterocycles. The van der Waals surface area contributed by atoms with Gasteiger partial charge in [-0.05, 0) is 29.3 Å². The van der Waals surface area contributed by atoms with Crippen LogP contribution in [0.4, 0.5) is 0 Å². The summed E-state index contributed by atoms with van der Waals surface area (Å²) in [6, 6.07) is 25.0. The monoisotopic (exact) mass is 402 g/mol. The van der Waals surface area contributed by atoms with Crippen LogP contribution in [0.1, 0.15) is 27.4 Å². The third-order valence-electron chi connectivity index (χ3n) is 4.95. The van der Waals surface area contributed by atoms with Crippen molar-refractivity contribution in [2.24, 2.45) is 0 Å². The van der Waals surface area contributed by atoms with Gasteiger partial charge in [0.05, 0.1) is 6.54 Å². The summed E-state index contributed by atoms with van der Waals surface area (Å²) >= 11 is 0. The van der Waals surface area contributed by atoms with Gasteiger partial charge in [-0.3, -0.25) is 9.59 Å². The maximum atomic E-state index is 12.4. The molecule has 0 spiro atoms. The molecule has 0 aliphatic carbocycles. The van der Waals surface area contributed by atoms with Crippen LogP contribution >= 0.6 is 0 Å². The third-order valence-corrected chi connectivity index (χ3v) is 4.95. The van der Waals surface area contributed by atoms with Gasteiger partial charge in [-0.2, -0.15) is 0 Å². The van der Waals surface area contributed by atoms with Gasteiger partial charge in [0.2, 0.25) is 12.7 Å². The molecular formula is C24H22N2O4. The number of amides is 2. The van der Waals surface area contributed by atoms with E-state index in [1.54, 1.807) is 18.2 Å². The van der Waals surface area contributed by atoms with Gasteiger partial charge in [0.25, 0.3) is 5.91 Å². The molecule has 6 nitrogen and oxygen atoms in total. The number of benzene rings is 3. The maximum Gasteiger partial charge on any atom is 0.251 e. The Morgan fingerprint density at radius 1 is 0.800 bits per heavy atom. The summed E-state index contributed by atoms with van der Waals surface area (Å²) in [7, 11) is 0. The molecule has 0 radical (unpaired) electrons. The van der Waals surface area contributed by atoms with E-state index < -0.39 is 0 Å². The number of ether oxygens (including phenoxy) is 2. The molecule has 0 atom stereocenters. The van der Waals surface area contributed by atoms with Gasteiger partial charge < -0.3 is 20.1 Å². The van der Waals surface area contributed by atoms with Crippen molar-refractivity contribution in [2.75, 3.05) is 19.9 Å². The summed E-state index contributed by atoms with van der Waals surface area (Å²) in [5.41, 5.74) is 2.65. The van der Waals surface area contributed by atoms with Crippen molar-refractivity contribution in [1.82, 2.24) is 10.6 Å². The zero-order valence-corrected chi connectivity index (χ0v) is 16.3. The molecule has 2 N–H and O–H groups in total. The fourth-order valence-electron chi connectivity index (χ4n) is 3.38. The molecule has 4 rings (SSSR count). The minimum absolute atomic E-state index is 0.0286. The van der Waals surface area contributed by atoms with Gasteiger partial charge in [0, 0.05) is 18.0 Å². The molecule has 30 heavy (non-hydrogen) atoms. The second kappa shape index (κ2) is 9.13. The minimum atomic E-state index is -0.342. The van der Waals surface area contributed by atoms with Crippen LogP contribution in [-0.2, 0) is 4.79 Å². The van der Waals surface area contributed by atoms with Gasteiger partial charge in [-0.1, -0.05) is 60.7 Å². The van der Waals surface area contributed by atoms with Crippen molar-refractivity contribution in [1.29, 1.82) is 0 Å². The number of hydrogen-bond acceptors (Lipinski definition) is 4. The van der Waals surface area contributed by atoms with Crippen LogP contribution in [0, 0.1) is 0 Å². The number of carbonyl (C=O) groups is 2. The molecule has 0 unspecified atom stereocenters. The standard InChI is InChI=1S/C24H22N2O4/c27-23(15-26-24(28)19-11-12-21-22(13-19)30-16-29-21)25-14-20(17-7-3-1-4-8-17)18-9-5-2-6-10-18/h1-13,20H,14-16H2,(H,25,27)(H,26,28). The lowest BCUT2D eigenvalue weighted by Gasteiger charge is -2.19. The van der Waals surface area contributed by atoms with Crippen molar-refractivity contribution in [2.45, 2.75) is 5.92 Å². The zero-order valence-electron chi connectivity index (χ0n) is 16.3. The second-order valence-electron chi connectivity index (χ2n) is 6.93. The van der Waals surface area contributed by atoms with Crippen molar-refractivity contribution in [3.8, 4) is 11.5 Å². The predicted molar refractivity (Wildman–Crippen MR) is 113 cm³/mol. The molecule has 1 aliphatic rings. The van der Waals surface area contributed by atoms with Crippen LogP contribution < -0.4 is 20.1 Å². The Morgan fingerprint density at radius 2 is 1.43 bits per heavy atom. The number of rotatable bonds is 7. The van der Waals surface area contributed by atoms with E-state index in [2.05, 4.69) is 10.6 Å². The molecule has 0 bridgehead atoms. The first-order valence-electron chi connectivity index (χ1n) is 9.75. The van der Waals surface area contributed by atoms with E-state index in [0.29, 0.717) is 23.6 Å². The molecule has 152 valence electrons. The van der Waals surface area contributed by atoms with Gasteiger partial charge in [0.1, 0.15) is 0 Å². The van der Waals surface area contributed by atoms with E-state index >= 15 is 0 Å². The van der Waals surface area contributed by atoms with E-state index in [9.17, 15) is 9.59 Å². The predicted octanol–water partition coefficient (Wildman–Crippen LogP) is 3.09. The minimum Gasteiger partial charge on any atom is -0.454 e. The summed E-state index contributed by atoms with van der Waals surface area (Å²) in [5.74, 6) is 0.575. The normalized spacial score (nSPS) is 11.9. The highest BCUT2D eigenvalue weighted by atomic mass is 16.7. The molecule has 3 aromatic rings. The van der Waals surface area contributed by atoms with Crippen molar-refractivity contribution in [3.05, 3.63) is 95.6 Å². The van der Waals surface area contributed by atoms with E-state index in [4.69, 9.17) is 9.47 Å². The van der Waals surface area contributed by atoms with Crippen LogP contribution in [0.3, 0.4) is 0 Å². The largest absolute Gasteiger partial charge is 0.454 e. The fraction of sp³-hybridized carbons (Fsp3) is 0.167. The van der Waals surface area contributed by atoms with Gasteiger partial charge >= 0.3 is 0 Å². The SMILES string of the molecule is O=C(CNC(=O)c1ccc2c(c1)OCO2)NCC(c1ccccc1)c1ccccc1. The molecule has 0 saturated heterocycles. The lowest BCUT2D eigenvalue weighted by molar-refractivity contribution is -0.120. The van der Waals surface area contributed by atoms with Crippen LogP contribution in [0.2, 0.25) is 0 Å². The molecule has 0 saturated carbocycles. The Balaban J connectivity index is 1.34. The fourth-order valence-corrected chi connectivity index (χ4v) is 3.38. The van der Waals surface area contributed by atoms with Crippen molar-refractivity contribution >= 4 is 11.8 Å². The Morgan fingerprint density at radius 3 is 2.10 bits per heavy atom. The summed E-state index contributed by atoms with van der Waals surface area (Å²) in [6.07, 6.45) is 0. The average molecular weight is 402 g/mol. The first kappa shape index (κ1) is 19.5. The van der Waals surface area contributed by atoms with Crippen molar-refractivity contribution < 1.29 is 19.1 Å². The smallest absolute Gasteiger partial charge is 0.251 e. The van der Waals surface area contributed by atoms with Crippen LogP contribution in [0.5, 0.6) is 11.5 Å². The first-order valence-corrected chi connectivity index (χ1v) is 9.75. The molecule has 2 amide bonds. The number of fused-ring (bicyclic) bond motifs is 1. The highest BCUT2D eigenvalue weighted by Gasteiger charge is 2.18. The average Bonchev–Trinajstić information content (AvgIpc) is 3.27. The van der Waals surface area contributed by atoms with E-state index in [1.807, 2.05) is 60.7 Å². The molecular weight excluding hydrogens is 380 g/mol. The topological polar surface area (TPSA) is 76.7 Å². The Bertz CT molecular complexity index is 982.